The minimum Gasteiger partial charge on any atom is -0.497 e. The Morgan fingerprint density at radius 3 is 2.62 bits per heavy atom. The van der Waals surface area contributed by atoms with Gasteiger partial charge in [0.15, 0.2) is 11.6 Å². The Kier molecular flexibility index (Phi) is 6.77. The number of rotatable bonds is 7. The first-order valence-electron chi connectivity index (χ1n) is 11.4. The molecule has 0 spiro atoms. The van der Waals surface area contributed by atoms with E-state index < -0.39 is 5.91 Å². The average Bonchev–Trinajstić information content (AvgIpc) is 3.26. The number of benzene rings is 2. The fourth-order valence-electron chi connectivity index (χ4n) is 4.24. The van der Waals surface area contributed by atoms with Gasteiger partial charge in [0, 0.05) is 53.4 Å². The van der Waals surface area contributed by atoms with Crippen molar-refractivity contribution in [2.24, 2.45) is 10.7 Å². The molecule has 2 heterocycles. The number of hydrogen-bond acceptors (Lipinski definition) is 7. The van der Waals surface area contributed by atoms with E-state index in [9.17, 15) is 4.79 Å². The number of hydrogen-bond donors (Lipinski definition) is 2. The van der Waals surface area contributed by atoms with E-state index in [2.05, 4.69) is 39.2 Å². The molecule has 8 nitrogen and oxygen atoms in total. The van der Waals surface area contributed by atoms with Gasteiger partial charge in [0.1, 0.15) is 11.4 Å². The summed E-state index contributed by atoms with van der Waals surface area (Å²) in [5.41, 5.74) is 9.95. The molecule has 0 aliphatic carbocycles. The zero-order valence-electron chi connectivity index (χ0n) is 20.0. The number of methoxy groups -OCH3 is 1. The van der Waals surface area contributed by atoms with E-state index in [0.717, 1.165) is 34.9 Å². The summed E-state index contributed by atoms with van der Waals surface area (Å²) in [6.07, 6.45) is 4.08. The van der Waals surface area contributed by atoms with Gasteiger partial charge in [-0.05, 0) is 51.8 Å². The lowest BCUT2D eigenvalue weighted by Crippen LogP contribution is -2.26. The molecule has 1 aromatic heterocycles. The number of aromatic nitrogens is 2. The van der Waals surface area contributed by atoms with Gasteiger partial charge in [-0.3, -0.25) is 9.79 Å². The highest BCUT2D eigenvalue weighted by molar-refractivity contribution is 5.93. The fourth-order valence-corrected chi connectivity index (χ4v) is 4.24. The van der Waals surface area contributed by atoms with Gasteiger partial charge >= 0.3 is 0 Å². The van der Waals surface area contributed by atoms with E-state index in [0.29, 0.717) is 28.9 Å². The first kappa shape index (κ1) is 23.2. The third kappa shape index (κ3) is 4.85. The average molecular weight is 459 g/mol. The summed E-state index contributed by atoms with van der Waals surface area (Å²) < 4.78 is 5.59. The van der Waals surface area contributed by atoms with Crippen LogP contribution in [0.5, 0.6) is 5.75 Å². The van der Waals surface area contributed by atoms with Gasteiger partial charge in [-0.2, -0.15) is 0 Å². The maximum absolute atomic E-state index is 11.4. The van der Waals surface area contributed by atoms with Crippen molar-refractivity contribution in [2.45, 2.75) is 39.7 Å². The summed E-state index contributed by atoms with van der Waals surface area (Å²) in [6, 6.07) is 13.5. The lowest BCUT2D eigenvalue weighted by Gasteiger charge is -2.25. The zero-order valence-corrected chi connectivity index (χ0v) is 20.0. The number of aryl methyl sites for hydroxylation is 1. The van der Waals surface area contributed by atoms with E-state index in [4.69, 9.17) is 15.5 Å². The number of nitrogens with zero attached hydrogens (tertiary/aromatic N) is 4. The van der Waals surface area contributed by atoms with Gasteiger partial charge < -0.3 is 20.7 Å². The van der Waals surface area contributed by atoms with Crippen molar-refractivity contribution in [3.05, 3.63) is 53.7 Å². The molecule has 1 fully saturated rings. The number of ether oxygens (including phenoxy) is 1. The van der Waals surface area contributed by atoms with Gasteiger partial charge in [0.2, 0.25) is 5.91 Å². The first-order valence-corrected chi connectivity index (χ1v) is 11.4. The lowest BCUT2D eigenvalue weighted by atomic mass is 10.1. The third-order valence-electron chi connectivity index (χ3n) is 6.02. The van der Waals surface area contributed by atoms with Crippen LogP contribution in [0, 0.1) is 6.92 Å². The van der Waals surface area contributed by atoms with E-state index in [1.54, 1.807) is 37.6 Å². The standard InChI is InChI=1S/C26H30N6O2/c1-5-28-23-17(3)29-25(19-10-8-18(9-11-19)24(27)33)31-26(23)30-20-13-21(15-22(14-20)34-4)32-12-6-7-16(32)2/h5,8-11,13-16H,6-7,12H2,1-4H3,(H2,27,33)(H,29,30,31). The van der Waals surface area contributed by atoms with Crippen LogP contribution in [0.15, 0.2) is 47.5 Å². The fraction of sp³-hybridized carbons (Fsp3) is 0.308. The predicted octanol–water partition coefficient (Wildman–Crippen LogP) is 5.01. The molecule has 1 atom stereocenters. The number of anilines is 3. The van der Waals surface area contributed by atoms with Crippen LogP contribution >= 0.6 is 0 Å². The van der Waals surface area contributed by atoms with Crippen LogP contribution in [-0.4, -0.2) is 41.8 Å². The molecule has 3 aromatic rings. The van der Waals surface area contributed by atoms with E-state index in [1.807, 2.05) is 19.9 Å². The van der Waals surface area contributed by atoms with Gasteiger partial charge in [0.25, 0.3) is 0 Å². The van der Waals surface area contributed by atoms with Gasteiger partial charge in [-0.15, -0.1) is 0 Å². The van der Waals surface area contributed by atoms with Crippen LogP contribution in [-0.2, 0) is 0 Å². The normalized spacial score (nSPS) is 15.6. The molecule has 1 saturated heterocycles. The molecule has 8 heteroatoms. The Bertz CT molecular complexity index is 1220. The Balaban J connectivity index is 1.75. The lowest BCUT2D eigenvalue weighted by molar-refractivity contribution is 0.100. The van der Waals surface area contributed by atoms with Crippen LogP contribution < -0.4 is 20.7 Å². The van der Waals surface area contributed by atoms with Crippen LogP contribution in [0.1, 0.15) is 42.7 Å². The topological polar surface area (TPSA) is 106 Å². The number of carbonyl (C=O) groups is 1. The summed E-state index contributed by atoms with van der Waals surface area (Å²) >= 11 is 0. The molecule has 0 saturated carbocycles. The van der Waals surface area contributed by atoms with Crippen molar-refractivity contribution in [3.63, 3.8) is 0 Å². The second-order valence-electron chi connectivity index (χ2n) is 8.39. The molecule has 3 N–H and O–H groups in total. The summed E-state index contributed by atoms with van der Waals surface area (Å²) in [7, 11) is 1.67. The number of carbonyl (C=O) groups excluding carboxylic acids is 1. The number of aliphatic imine (C=N–C) groups is 1. The summed E-state index contributed by atoms with van der Waals surface area (Å²) in [4.78, 5) is 27.8. The van der Waals surface area contributed by atoms with Crippen molar-refractivity contribution >= 4 is 35.0 Å². The number of nitrogens with one attached hydrogen (secondary N) is 1. The molecule has 1 amide bonds. The molecule has 34 heavy (non-hydrogen) atoms. The molecule has 2 aromatic carbocycles. The van der Waals surface area contributed by atoms with E-state index in [1.165, 1.54) is 12.8 Å². The highest BCUT2D eigenvalue weighted by atomic mass is 16.5. The van der Waals surface area contributed by atoms with Gasteiger partial charge in [-0.1, -0.05) is 12.1 Å². The molecule has 1 aliphatic heterocycles. The number of amides is 1. The second-order valence-corrected chi connectivity index (χ2v) is 8.39. The molecule has 1 unspecified atom stereocenters. The molecule has 4 rings (SSSR count). The summed E-state index contributed by atoms with van der Waals surface area (Å²) in [6.45, 7) is 7.03. The first-order chi connectivity index (χ1) is 16.4. The Morgan fingerprint density at radius 1 is 1.24 bits per heavy atom. The molecule has 176 valence electrons. The van der Waals surface area contributed by atoms with Crippen molar-refractivity contribution in [1.29, 1.82) is 0 Å². The SMILES string of the molecule is CC=Nc1c(C)nc(-c2ccc(C(N)=O)cc2)nc1Nc1cc(OC)cc(N2CCCC2C)c1. The molecule has 0 radical (unpaired) electrons. The van der Waals surface area contributed by atoms with Gasteiger partial charge in [-0.25, -0.2) is 9.97 Å². The quantitative estimate of drug-likeness (QED) is 0.482. The van der Waals surface area contributed by atoms with Crippen LogP contribution in [0.3, 0.4) is 0 Å². The maximum atomic E-state index is 11.4. The van der Waals surface area contributed by atoms with Crippen LogP contribution in [0.4, 0.5) is 22.9 Å². The number of nitrogens with two attached hydrogens (primary N) is 1. The van der Waals surface area contributed by atoms with Gasteiger partial charge in [0.05, 0.1) is 12.8 Å². The zero-order chi connectivity index (χ0) is 24.2. The Morgan fingerprint density at radius 2 is 2.00 bits per heavy atom. The summed E-state index contributed by atoms with van der Waals surface area (Å²) in [5, 5.41) is 3.45. The highest BCUT2D eigenvalue weighted by Gasteiger charge is 2.22. The Labute approximate surface area is 199 Å². The van der Waals surface area contributed by atoms with E-state index >= 15 is 0 Å². The molecular weight excluding hydrogens is 428 g/mol. The molecule has 0 bridgehead atoms. The minimum atomic E-state index is -0.472. The minimum absolute atomic E-state index is 0.436. The molecular formula is C26H30N6O2. The third-order valence-corrected chi connectivity index (χ3v) is 6.02. The molecule has 1 aliphatic rings. The largest absolute Gasteiger partial charge is 0.497 e. The second kappa shape index (κ2) is 9.91. The monoisotopic (exact) mass is 458 g/mol. The Hall–Kier alpha value is -3.94. The van der Waals surface area contributed by atoms with Crippen molar-refractivity contribution in [2.75, 3.05) is 23.9 Å². The number of primary amides is 1. The van der Waals surface area contributed by atoms with Crippen LogP contribution in [0.2, 0.25) is 0 Å². The highest BCUT2D eigenvalue weighted by Crippen LogP contribution is 2.36. The maximum Gasteiger partial charge on any atom is 0.248 e. The predicted molar refractivity (Wildman–Crippen MR) is 137 cm³/mol. The van der Waals surface area contributed by atoms with Crippen molar-refractivity contribution in [3.8, 4) is 17.1 Å². The van der Waals surface area contributed by atoms with Crippen molar-refractivity contribution in [1.82, 2.24) is 9.97 Å². The van der Waals surface area contributed by atoms with Crippen molar-refractivity contribution < 1.29 is 9.53 Å². The van der Waals surface area contributed by atoms with Crippen LogP contribution in [0.25, 0.3) is 11.4 Å². The van der Waals surface area contributed by atoms with E-state index in [-0.39, 0.29) is 0 Å². The summed E-state index contributed by atoms with van der Waals surface area (Å²) in [5.74, 6) is 1.42. The smallest absolute Gasteiger partial charge is 0.248 e.